The van der Waals surface area contributed by atoms with Crippen molar-refractivity contribution in [3.63, 3.8) is 0 Å². The number of hydrogen-bond donors (Lipinski definition) is 1. The maximum atomic E-state index is 12.3. The van der Waals surface area contributed by atoms with Crippen LogP contribution in [0.25, 0.3) is 11.4 Å². The maximum Gasteiger partial charge on any atom is 0.256 e. The predicted molar refractivity (Wildman–Crippen MR) is 79.7 cm³/mol. The molecule has 5 nitrogen and oxygen atoms in total. The number of benzene rings is 1. The normalized spacial score (nSPS) is 13.9. The molecule has 5 heteroatoms. The molecule has 0 fully saturated rings. The standard InChI is InChI=1S/C16H17N3O2/c1-2-14(20)19-9-8-13-12(10-19)16(21)18-15(17-13)11-6-4-3-5-7-11/h3-7H,2,8-10H2,1H3,(H,17,18,21). The van der Waals surface area contributed by atoms with E-state index in [9.17, 15) is 9.59 Å². The Morgan fingerprint density at radius 1 is 1.33 bits per heavy atom. The smallest absolute Gasteiger partial charge is 0.256 e. The number of rotatable bonds is 2. The molecule has 0 unspecified atom stereocenters. The van der Waals surface area contributed by atoms with Gasteiger partial charge >= 0.3 is 0 Å². The number of H-pyrrole nitrogens is 1. The van der Waals surface area contributed by atoms with Crippen LogP contribution >= 0.6 is 0 Å². The minimum absolute atomic E-state index is 0.0761. The van der Waals surface area contributed by atoms with Crippen molar-refractivity contribution in [2.75, 3.05) is 6.54 Å². The highest BCUT2D eigenvalue weighted by Crippen LogP contribution is 2.18. The average Bonchev–Trinajstić information content (AvgIpc) is 2.54. The van der Waals surface area contributed by atoms with Gasteiger partial charge in [-0.05, 0) is 0 Å². The molecule has 1 aliphatic rings. The van der Waals surface area contributed by atoms with Crippen molar-refractivity contribution < 1.29 is 4.79 Å². The number of hydrogen-bond acceptors (Lipinski definition) is 3. The second kappa shape index (κ2) is 5.52. The second-order valence-electron chi connectivity index (χ2n) is 5.12. The third kappa shape index (κ3) is 2.59. The van der Waals surface area contributed by atoms with Crippen molar-refractivity contribution in [2.24, 2.45) is 0 Å². The van der Waals surface area contributed by atoms with Gasteiger partial charge in [-0.25, -0.2) is 4.98 Å². The van der Waals surface area contributed by atoms with E-state index in [1.807, 2.05) is 37.3 Å². The molecule has 1 N–H and O–H groups in total. The highest BCUT2D eigenvalue weighted by Gasteiger charge is 2.23. The molecule has 0 spiro atoms. The van der Waals surface area contributed by atoms with Gasteiger partial charge in [0, 0.05) is 24.9 Å². The van der Waals surface area contributed by atoms with E-state index in [2.05, 4.69) is 9.97 Å². The summed E-state index contributed by atoms with van der Waals surface area (Å²) in [4.78, 5) is 33.2. The summed E-state index contributed by atoms with van der Waals surface area (Å²) < 4.78 is 0. The fourth-order valence-electron chi connectivity index (χ4n) is 2.59. The minimum Gasteiger partial charge on any atom is -0.338 e. The molecule has 0 saturated heterocycles. The number of carbonyl (C=O) groups excluding carboxylic acids is 1. The Bertz CT molecular complexity index is 722. The molecular formula is C16H17N3O2. The predicted octanol–water partition coefficient (Wildman–Crippen LogP) is 1.73. The van der Waals surface area contributed by atoms with Gasteiger partial charge in [0.2, 0.25) is 5.91 Å². The molecule has 3 rings (SSSR count). The third-order valence-electron chi connectivity index (χ3n) is 3.77. The van der Waals surface area contributed by atoms with Crippen LogP contribution < -0.4 is 5.56 Å². The van der Waals surface area contributed by atoms with Gasteiger partial charge in [0.1, 0.15) is 5.82 Å². The van der Waals surface area contributed by atoms with E-state index in [0.717, 1.165) is 11.3 Å². The van der Waals surface area contributed by atoms with Crippen molar-refractivity contribution >= 4 is 5.91 Å². The SMILES string of the molecule is CCC(=O)N1CCc2nc(-c3ccccc3)[nH]c(=O)c2C1. The second-order valence-corrected chi connectivity index (χ2v) is 5.12. The summed E-state index contributed by atoms with van der Waals surface area (Å²) in [5, 5.41) is 0. The zero-order valence-corrected chi connectivity index (χ0v) is 11.9. The summed E-state index contributed by atoms with van der Waals surface area (Å²) >= 11 is 0. The van der Waals surface area contributed by atoms with Crippen LogP contribution in [0.15, 0.2) is 35.1 Å². The van der Waals surface area contributed by atoms with Crippen LogP contribution in [0.4, 0.5) is 0 Å². The fraction of sp³-hybridized carbons (Fsp3) is 0.312. The Hall–Kier alpha value is -2.43. The van der Waals surface area contributed by atoms with Gasteiger partial charge in [0.25, 0.3) is 5.56 Å². The van der Waals surface area contributed by atoms with Gasteiger partial charge in [-0.15, -0.1) is 0 Å². The van der Waals surface area contributed by atoms with Gasteiger partial charge < -0.3 is 9.88 Å². The Morgan fingerprint density at radius 3 is 2.81 bits per heavy atom. The Kier molecular flexibility index (Phi) is 3.56. The third-order valence-corrected chi connectivity index (χ3v) is 3.77. The Labute approximate surface area is 122 Å². The fourth-order valence-corrected chi connectivity index (χ4v) is 2.59. The first-order valence-corrected chi connectivity index (χ1v) is 7.14. The van der Waals surface area contributed by atoms with Gasteiger partial charge in [-0.2, -0.15) is 0 Å². The molecule has 1 amide bonds. The number of amides is 1. The van der Waals surface area contributed by atoms with Crippen molar-refractivity contribution in [1.82, 2.24) is 14.9 Å². The lowest BCUT2D eigenvalue weighted by Crippen LogP contribution is -2.39. The molecule has 2 aromatic rings. The summed E-state index contributed by atoms with van der Waals surface area (Å²) in [7, 11) is 0. The van der Waals surface area contributed by atoms with E-state index in [4.69, 9.17) is 0 Å². The summed E-state index contributed by atoms with van der Waals surface area (Å²) in [5.41, 5.74) is 2.16. The van der Waals surface area contributed by atoms with Crippen LogP contribution in [0.3, 0.4) is 0 Å². The molecule has 1 aliphatic heterocycles. The summed E-state index contributed by atoms with van der Waals surface area (Å²) in [5.74, 6) is 0.668. The summed E-state index contributed by atoms with van der Waals surface area (Å²) in [6.07, 6.45) is 1.09. The average molecular weight is 283 g/mol. The molecule has 0 aliphatic carbocycles. The molecule has 0 atom stereocenters. The highest BCUT2D eigenvalue weighted by molar-refractivity contribution is 5.76. The number of carbonyl (C=O) groups is 1. The van der Waals surface area contributed by atoms with Crippen molar-refractivity contribution in [1.29, 1.82) is 0 Å². The number of nitrogens with one attached hydrogen (secondary N) is 1. The van der Waals surface area contributed by atoms with Crippen LogP contribution in [0.5, 0.6) is 0 Å². The lowest BCUT2D eigenvalue weighted by molar-refractivity contribution is -0.131. The number of aromatic amines is 1. The number of fused-ring (bicyclic) bond motifs is 1. The molecule has 0 saturated carbocycles. The van der Waals surface area contributed by atoms with E-state index in [1.165, 1.54) is 0 Å². The molecule has 108 valence electrons. The summed E-state index contributed by atoms with van der Waals surface area (Å²) in [6.45, 7) is 2.82. The quantitative estimate of drug-likeness (QED) is 0.912. The topological polar surface area (TPSA) is 66.1 Å². The van der Waals surface area contributed by atoms with Crippen molar-refractivity contribution in [2.45, 2.75) is 26.3 Å². The first-order chi connectivity index (χ1) is 10.2. The maximum absolute atomic E-state index is 12.3. The highest BCUT2D eigenvalue weighted by atomic mass is 16.2. The van der Waals surface area contributed by atoms with Gasteiger partial charge in [-0.3, -0.25) is 9.59 Å². The minimum atomic E-state index is -0.146. The monoisotopic (exact) mass is 283 g/mol. The summed E-state index contributed by atoms with van der Waals surface area (Å²) in [6, 6.07) is 9.59. The molecule has 1 aromatic carbocycles. The lowest BCUT2D eigenvalue weighted by atomic mass is 10.1. The van der Waals surface area contributed by atoms with Crippen LogP contribution in [0.2, 0.25) is 0 Å². The van der Waals surface area contributed by atoms with Crippen LogP contribution in [-0.4, -0.2) is 27.3 Å². The zero-order chi connectivity index (χ0) is 14.8. The van der Waals surface area contributed by atoms with Gasteiger partial charge in [-0.1, -0.05) is 37.3 Å². The Balaban J connectivity index is 1.98. The van der Waals surface area contributed by atoms with Crippen molar-refractivity contribution in [3.05, 3.63) is 51.9 Å². The molecular weight excluding hydrogens is 266 g/mol. The molecule has 2 heterocycles. The molecule has 1 aromatic heterocycles. The molecule has 21 heavy (non-hydrogen) atoms. The largest absolute Gasteiger partial charge is 0.338 e. The van der Waals surface area contributed by atoms with E-state index >= 15 is 0 Å². The van der Waals surface area contributed by atoms with Crippen LogP contribution in [-0.2, 0) is 17.8 Å². The van der Waals surface area contributed by atoms with Crippen molar-refractivity contribution in [3.8, 4) is 11.4 Å². The lowest BCUT2D eigenvalue weighted by Gasteiger charge is -2.27. The Morgan fingerprint density at radius 2 is 2.10 bits per heavy atom. The zero-order valence-electron chi connectivity index (χ0n) is 11.9. The molecule has 0 radical (unpaired) electrons. The van der Waals surface area contributed by atoms with Gasteiger partial charge in [0.05, 0.1) is 17.8 Å². The number of nitrogens with zero attached hydrogens (tertiary/aromatic N) is 2. The van der Waals surface area contributed by atoms with Gasteiger partial charge in [0.15, 0.2) is 0 Å². The van der Waals surface area contributed by atoms with E-state index < -0.39 is 0 Å². The van der Waals surface area contributed by atoms with Crippen LogP contribution in [0.1, 0.15) is 24.6 Å². The first kappa shape index (κ1) is 13.5. The van der Waals surface area contributed by atoms with E-state index in [1.54, 1.807) is 4.90 Å². The van der Waals surface area contributed by atoms with E-state index in [0.29, 0.717) is 37.3 Å². The van der Waals surface area contributed by atoms with Crippen LogP contribution in [0, 0.1) is 0 Å². The van der Waals surface area contributed by atoms with E-state index in [-0.39, 0.29) is 11.5 Å². The molecule has 0 bridgehead atoms. The first-order valence-electron chi connectivity index (χ1n) is 7.14. The number of aromatic nitrogens is 2.